The van der Waals surface area contributed by atoms with Crippen LogP contribution >= 0.6 is 11.3 Å². The lowest BCUT2D eigenvalue weighted by molar-refractivity contribution is 0.641. The molecule has 2 heterocycles. The molecule has 0 fully saturated rings. The first-order valence-electron chi connectivity index (χ1n) is 6.59. The molecular weight excluding hydrogens is 283 g/mol. The summed E-state index contributed by atoms with van der Waals surface area (Å²) in [4.78, 5) is 4.08. The van der Waals surface area contributed by atoms with Gasteiger partial charge in [0.05, 0.1) is 11.9 Å². The third kappa shape index (κ3) is 2.14. The number of fused-ring (bicyclic) bond motifs is 3. The van der Waals surface area contributed by atoms with Crippen molar-refractivity contribution in [3.8, 4) is 0 Å². The van der Waals surface area contributed by atoms with Crippen LogP contribution in [-0.2, 0) is 0 Å². The monoisotopic (exact) mass is 294 g/mol. The van der Waals surface area contributed by atoms with Crippen LogP contribution in [-0.4, -0.2) is 4.98 Å². The predicted molar refractivity (Wildman–Crippen MR) is 86.8 cm³/mol. The first-order chi connectivity index (χ1) is 10.3. The van der Waals surface area contributed by atoms with E-state index in [-0.39, 0.29) is 5.82 Å². The number of nitrogens with one attached hydrogen (secondary N) is 1. The zero-order valence-corrected chi connectivity index (χ0v) is 11.8. The van der Waals surface area contributed by atoms with Gasteiger partial charge in [-0.05, 0) is 42.5 Å². The highest BCUT2D eigenvalue weighted by Crippen LogP contribution is 2.37. The molecule has 102 valence electrons. The van der Waals surface area contributed by atoms with E-state index in [2.05, 4.69) is 10.3 Å². The molecule has 0 saturated heterocycles. The van der Waals surface area contributed by atoms with Gasteiger partial charge >= 0.3 is 0 Å². The first-order valence-corrected chi connectivity index (χ1v) is 7.41. The fraction of sp³-hybridized carbons (Fsp3) is 0. The summed E-state index contributed by atoms with van der Waals surface area (Å²) in [5, 5.41) is 4.94. The summed E-state index contributed by atoms with van der Waals surface area (Å²) in [6.07, 6.45) is 3.49. The van der Waals surface area contributed by atoms with Crippen LogP contribution < -0.4 is 5.32 Å². The molecule has 0 aliphatic rings. The fourth-order valence-electron chi connectivity index (χ4n) is 2.46. The Morgan fingerprint density at radius 3 is 2.76 bits per heavy atom. The minimum absolute atomic E-state index is 0.169. The largest absolute Gasteiger partial charge is 0.354 e. The maximum absolute atomic E-state index is 14.1. The highest BCUT2D eigenvalue weighted by molar-refractivity contribution is 7.25. The Morgan fingerprint density at radius 2 is 1.90 bits per heavy atom. The molecule has 1 N–H and O–H groups in total. The second kappa shape index (κ2) is 4.82. The van der Waals surface area contributed by atoms with Crippen LogP contribution in [0.3, 0.4) is 0 Å². The second-order valence-electron chi connectivity index (χ2n) is 4.79. The van der Waals surface area contributed by atoms with Crippen molar-refractivity contribution in [3.63, 3.8) is 0 Å². The molecule has 0 radical (unpaired) electrons. The molecule has 0 spiro atoms. The molecule has 0 saturated carbocycles. The Morgan fingerprint density at radius 1 is 0.952 bits per heavy atom. The number of nitrogens with zero attached hydrogens (tertiary/aromatic N) is 1. The second-order valence-corrected chi connectivity index (χ2v) is 5.88. The third-order valence-corrected chi connectivity index (χ3v) is 4.53. The van der Waals surface area contributed by atoms with Crippen molar-refractivity contribution in [1.82, 2.24) is 4.98 Å². The van der Waals surface area contributed by atoms with Crippen LogP contribution in [0.25, 0.3) is 20.2 Å². The van der Waals surface area contributed by atoms with Crippen LogP contribution in [0.5, 0.6) is 0 Å². The van der Waals surface area contributed by atoms with Crippen molar-refractivity contribution in [2.24, 2.45) is 0 Å². The topological polar surface area (TPSA) is 24.9 Å². The number of pyridine rings is 1. The third-order valence-electron chi connectivity index (χ3n) is 3.39. The number of benzene rings is 2. The average molecular weight is 294 g/mol. The highest BCUT2D eigenvalue weighted by atomic mass is 32.1. The molecule has 0 aliphatic carbocycles. The van der Waals surface area contributed by atoms with Crippen molar-refractivity contribution >= 4 is 42.9 Å². The van der Waals surface area contributed by atoms with Crippen LogP contribution in [0.1, 0.15) is 0 Å². The van der Waals surface area contributed by atoms with E-state index >= 15 is 0 Å². The zero-order valence-electron chi connectivity index (χ0n) is 11.0. The van der Waals surface area contributed by atoms with E-state index in [9.17, 15) is 4.39 Å². The van der Waals surface area contributed by atoms with Crippen LogP contribution in [0.4, 0.5) is 15.8 Å². The fourth-order valence-corrected chi connectivity index (χ4v) is 3.56. The molecule has 0 unspecified atom stereocenters. The van der Waals surface area contributed by atoms with Gasteiger partial charge in [0.15, 0.2) is 0 Å². The van der Waals surface area contributed by atoms with E-state index in [1.54, 1.807) is 29.8 Å². The molecule has 0 amide bonds. The van der Waals surface area contributed by atoms with Crippen molar-refractivity contribution < 1.29 is 4.39 Å². The summed E-state index contributed by atoms with van der Waals surface area (Å²) >= 11 is 1.61. The van der Waals surface area contributed by atoms with Gasteiger partial charge in [0.1, 0.15) is 5.82 Å². The summed E-state index contributed by atoms with van der Waals surface area (Å²) in [5.74, 6) is -0.169. The van der Waals surface area contributed by atoms with Gasteiger partial charge in [0, 0.05) is 32.1 Å². The molecule has 2 aromatic carbocycles. The molecule has 21 heavy (non-hydrogen) atoms. The Hall–Kier alpha value is -2.46. The zero-order chi connectivity index (χ0) is 14.2. The van der Waals surface area contributed by atoms with E-state index in [0.717, 1.165) is 26.2 Å². The first kappa shape index (κ1) is 12.3. The maximum atomic E-state index is 14.1. The van der Waals surface area contributed by atoms with E-state index in [1.807, 2.05) is 36.4 Å². The van der Waals surface area contributed by atoms with Gasteiger partial charge < -0.3 is 5.32 Å². The summed E-state index contributed by atoms with van der Waals surface area (Å²) in [6.45, 7) is 0. The van der Waals surface area contributed by atoms with Gasteiger partial charge in [-0.15, -0.1) is 11.3 Å². The highest BCUT2D eigenvalue weighted by Gasteiger charge is 2.09. The number of hydrogen-bond donors (Lipinski definition) is 1. The van der Waals surface area contributed by atoms with E-state index in [0.29, 0.717) is 5.39 Å². The van der Waals surface area contributed by atoms with Crippen molar-refractivity contribution in [1.29, 1.82) is 0 Å². The Kier molecular flexibility index (Phi) is 2.82. The Balaban J connectivity index is 1.87. The SMILES string of the molecule is Fc1cccc2sc3ccc(Nc4cccnc4)cc3c12. The lowest BCUT2D eigenvalue weighted by Crippen LogP contribution is -1.89. The van der Waals surface area contributed by atoms with Gasteiger partial charge in [-0.3, -0.25) is 4.98 Å². The minimum Gasteiger partial charge on any atom is -0.354 e. The van der Waals surface area contributed by atoms with Crippen LogP contribution in [0, 0.1) is 5.82 Å². The number of thiophene rings is 1. The number of rotatable bonds is 2. The summed E-state index contributed by atoms with van der Waals surface area (Å²) in [7, 11) is 0. The van der Waals surface area contributed by atoms with E-state index in [4.69, 9.17) is 0 Å². The van der Waals surface area contributed by atoms with Crippen molar-refractivity contribution in [2.45, 2.75) is 0 Å². The molecule has 2 nitrogen and oxygen atoms in total. The molecule has 0 bridgehead atoms. The number of anilines is 2. The Labute approximate surface area is 124 Å². The van der Waals surface area contributed by atoms with Gasteiger partial charge in [0.2, 0.25) is 0 Å². The summed E-state index contributed by atoms with van der Waals surface area (Å²) < 4.78 is 16.1. The lowest BCUT2D eigenvalue weighted by atomic mass is 10.1. The number of halogens is 1. The molecule has 4 heteroatoms. The van der Waals surface area contributed by atoms with Gasteiger partial charge in [-0.2, -0.15) is 0 Å². The number of aromatic nitrogens is 1. The maximum Gasteiger partial charge on any atom is 0.132 e. The van der Waals surface area contributed by atoms with E-state index in [1.165, 1.54) is 6.07 Å². The van der Waals surface area contributed by atoms with Gasteiger partial charge in [0.25, 0.3) is 0 Å². The molecule has 2 aromatic heterocycles. The molecule has 0 aliphatic heterocycles. The Bertz CT molecular complexity index is 931. The van der Waals surface area contributed by atoms with Crippen LogP contribution in [0.15, 0.2) is 60.9 Å². The molecule has 0 atom stereocenters. The minimum atomic E-state index is -0.169. The quantitative estimate of drug-likeness (QED) is 0.540. The predicted octanol–water partition coefficient (Wildman–Crippen LogP) is 5.33. The standard InChI is InChI=1S/C17H11FN2S/c18-14-4-1-5-16-17(14)13-9-11(6-7-15(13)21-16)20-12-3-2-8-19-10-12/h1-10,20H. The van der Waals surface area contributed by atoms with Crippen molar-refractivity contribution in [3.05, 3.63) is 66.7 Å². The molecule has 4 aromatic rings. The molecular formula is C17H11FN2S. The summed E-state index contributed by atoms with van der Waals surface area (Å²) in [6, 6.07) is 15.1. The lowest BCUT2D eigenvalue weighted by Gasteiger charge is -2.05. The van der Waals surface area contributed by atoms with Gasteiger partial charge in [-0.1, -0.05) is 6.07 Å². The van der Waals surface area contributed by atoms with Crippen LogP contribution in [0.2, 0.25) is 0 Å². The summed E-state index contributed by atoms with van der Waals surface area (Å²) in [5.41, 5.74) is 1.84. The van der Waals surface area contributed by atoms with E-state index < -0.39 is 0 Å². The van der Waals surface area contributed by atoms with Gasteiger partial charge in [-0.25, -0.2) is 4.39 Å². The smallest absolute Gasteiger partial charge is 0.132 e. The number of hydrogen-bond acceptors (Lipinski definition) is 3. The molecule has 4 rings (SSSR count). The normalized spacial score (nSPS) is 11.1. The average Bonchev–Trinajstić information content (AvgIpc) is 2.87. The van der Waals surface area contributed by atoms with Crippen molar-refractivity contribution in [2.75, 3.05) is 5.32 Å².